The Morgan fingerprint density at radius 1 is 1.32 bits per heavy atom. The first-order valence-corrected chi connectivity index (χ1v) is 10.4. The molecule has 10 nitrogen and oxygen atoms in total. The van der Waals surface area contributed by atoms with Crippen molar-refractivity contribution in [3.63, 3.8) is 0 Å². The van der Waals surface area contributed by atoms with Crippen molar-refractivity contribution in [3.05, 3.63) is 18.0 Å². The summed E-state index contributed by atoms with van der Waals surface area (Å²) in [5, 5.41) is 3.38. The number of ketones is 1. The standard InChI is InChI=1S/C17H24NO9P/c1-17(2)10-25-28(22,26-11-24-16(21)14-7-8-18-27-14)9-12(17)13(19)5-4-6-15(20)23-3/h7-8,12H,4-6,9-11H2,1-3H3/t12-,28?/m0/s1. The molecule has 0 bridgehead atoms. The van der Waals surface area contributed by atoms with Crippen molar-refractivity contribution in [2.75, 3.05) is 26.7 Å². The molecule has 0 spiro atoms. The topological polar surface area (TPSA) is 131 Å². The first kappa shape index (κ1) is 22.3. The minimum Gasteiger partial charge on any atom is -0.469 e. The Labute approximate surface area is 162 Å². The van der Waals surface area contributed by atoms with Crippen LogP contribution in [0.3, 0.4) is 0 Å². The third-order valence-corrected chi connectivity index (χ3v) is 6.32. The Balaban J connectivity index is 1.89. The van der Waals surface area contributed by atoms with Gasteiger partial charge in [0.1, 0.15) is 5.78 Å². The summed E-state index contributed by atoms with van der Waals surface area (Å²) in [4.78, 5) is 35.5. The lowest BCUT2D eigenvalue weighted by Gasteiger charge is -2.40. The molecule has 0 aliphatic carbocycles. The van der Waals surface area contributed by atoms with E-state index in [4.69, 9.17) is 13.8 Å². The van der Waals surface area contributed by atoms with Gasteiger partial charge in [0.25, 0.3) is 0 Å². The van der Waals surface area contributed by atoms with E-state index in [2.05, 4.69) is 14.4 Å². The molecule has 156 valence electrons. The molecule has 11 heteroatoms. The van der Waals surface area contributed by atoms with E-state index in [1.54, 1.807) is 0 Å². The molecule has 2 atom stereocenters. The van der Waals surface area contributed by atoms with Crippen molar-refractivity contribution >= 4 is 25.3 Å². The van der Waals surface area contributed by atoms with E-state index in [9.17, 15) is 18.9 Å². The lowest BCUT2D eigenvalue weighted by atomic mass is 9.77. The van der Waals surface area contributed by atoms with Gasteiger partial charge in [-0.25, -0.2) is 4.79 Å². The summed E-state index contributed by atoms with van der Waals surface area (Å²) in [6.07, 6.45) is 1.79. The first-order chi connectivity index (χ1) is 13.2. The maximum Gasteiger partial charge on any atom is 0.379 e. The third kappa shape index (κ3) is 5.98. The molecule has 0 saturated carbocycles. The van der Waals surface area contributed by atoms with Crippen molar-refractivity contribution in [1.29, 1.82) is 0 Å². The van der Waals surface area contributed by atoms with E-state index >= 15 is 0 Å². The highest BCUT2D eigenvalue weighted by Crippen LogP contribution is 2.57. The third-order valence-electron chi connectivity index (χ3n) is 4.48. The molecular formula is C17H24NO9P. The van der Waals surface area contributed by atoms with Gasteiger partial charge in [0.05, 0.1) is 26.1 Å². The van der Waals surface area contributed by atoms with Crippen molar-refractivity contribution < 1.29 is 42.0 Å². The molecule has 1 fully saturated rings. The van der Waals surface area contributed by atoms with Gasteiger partial charge in [0.15, 0.2) is 0 Å². The van der Waals surface area contributed by atoms with Gasteiger partial charge >= 0.3 is 19.5 Å². The first-order valence-electron chi connectivity index (χ1n) is 8.72. The summed E-state index contributed by atoms with van der Waals surface area (Å²) in [6, 6.07) is 1.31. The Morgan fingerprint density at radius 2 is 2.07 bits per heavy atom. The highest BCUT2D eigenvalue weighted by molar-refractivity contribution is 7.54. The number of carbonyl (C=O) groups is 3. The molecule has 0 amide bonds. The van der Waals surface area contributed by atoms with Crippen molar-refractivity contribution in [3.8, 4) is 0 Å². The number of methoxy groups -OCH3 is 1. The lowest BCUT2D eigenvalue weighted by molar-refractivity contribution is -0.140. The second-order valence-corrected chi connectivity index (χ2v) is 9.16. The summed E-state index contributed by atoms with van der Waals surface area (Å²) >= 11 is 0. The van der Waals surface area contributed by atoms with Crippen LogP contribution in [0.5, 0.6) is 0 Å². The van der Waals surface area contributed by atoms with E-state index in [0.29, 0.717) is 6.42 Å². The molecule has 1 unspecified atom stereocenters. The van der Waals surface area contributed by atoms with Crippen molar-refractivity contribution in [2.45, 2.75) is 33.1 Å². The molecule has 0 aromatic carbocycles. The minimum absolute atomic E-state index is 0.0493. The van der Waals surface area contributed by atoms with Crippen LogP contribution in [0.4, 0.5) is 0 Å². The molecule has 1 aliphatic rings. The fourth-order valence-electron chi connectivity index (χ4n) is 2.75. The van der Waals surface area contributed by atoms with E-state index in [1.165, 1.54) is 19.4 Å². The average molecular weight is 417 g/mol. The number of aromatic nitrogens is 1. The normalized spacial score (nSPS) is 23.8. The number of hydrogen-bond acceptors (Lipinski definition) is 10. The fourth-order valence-corrected chi connectivity index (χ4v) is 4.93. The smallest absolute Gasteiger partial charge is 0.379 e. The van der Waals surface area contributed by atoms with Gasteiger partial charge in [-0.05, 0) is 11.8 Å². The van der Waals surface area contributed by atoms with E-state index in [-0.39, 0.29) is 43.1 Å². The number of nitrogens with zero attached hydrogens (tertiary/aromatic N) is 1. The number of Topliss-reactive ketones (excluding diaryl/α,β-unsaturated/α-hetero) is 1. The van der Waals surface area contributed by atoms with Gasteiger partial charge in [-0.1, -0.05) is 19.0 Å². The Bertz CT molecular complexity index is 744. The molecule has 1 saturated heterocycles. The molecule has 1 aliphatic heterocycles. The summed E-state index contributed by atoms with van der Waals surface area (Å²) in [6.45, 7) is 3.11. The summed E-state index contributed by atoms with van der Waals surface area (Å²) < 4.78 is 37.4. The number of hydrogen-bond donors (Lipinski definition) is 0. The zero-order valence-corrected chi connectivity index (χ0v) is 16.9. The number of esters is 2. The van der Waals surface area contributed by atoms with Gasteiger partial charge in [-0.3, -0.25) is 18.7 Å². The van der Waals surface area contributed by atoms with Crippen LogP contribution in [0.25, 0.3) is 0 Å². The summed E-state index contributed by atoms with van der Waals surface area (Å²) in [5.41, 5.74) is -0.546. The Kier molecular flexibility index (Phi) is 7.51. The lowest BCUT2D eigenvalue weighted by Crippen LogP contribution is -2.41. The highest BCUT2D eigenvalue weighted by atomic mass is 31.2. The monoisotopic (exact) mass is 417 g/mol. The van der Waals surface area contributed by atoms with E-state index in [1.807, 2.05) is 13.8 Å². The molecule has 2 heterocycles. The maximum absolute atomic E-state index is 12.8. The van der Waals surface area contributed by atoms with Gasteiger partial charge < -0.3 is 18.5 Å². The molecule has 0 radical (unpaired) electrons. The van der Waals surface area contributed by atoms with Crippen molar-refractivity contribution in [1.82, 2.24) is 5.16 Å². The predicted molar refractivity (Wildman–Crippen MR) is 94.4 cm³/mol. The molecular weight excluding hydrogens is 393 g/mol. The highest BCUT2D eigenvalue weighted by Gasteiger charge is 2.47. The molecule has 1 aromatic heterocycles. The summed E-state index contributed by atoms with van der Waals surface area (Å²) in [7, 11) is -2.34. The van der Waals surface area contributed by atoms with Gasteiger partial charge in [0.2, 0.25) is 12.6 Å². The quantitative estimate of drug-likeness (QED) is 0.335. The largest absolute Gasteiger partial charge is 0.469 e. The van der Waals surface area contributed by atoms with Gasteiger partial charge in [-0.15, -0.1) is 0 Å². The maximum atomic E-state index is 12.8. The van der Waals surface area contributed by atoms with Gasteiger partial charge in [0, 0.05) is 24.8 Å². The van der Waals surface area contributed by atoms with Crippen molar-refractivity contribution in [2.24, 2.45) is 11.3 Å². The predicted octanol–water partition coefficient (Wildman–Crippen LogP) is 2.58. The fraction of sp³-hybridized carbons (Fsp3) is 0.647. The Morgan fingerprint density at radius 3 is 2.71 bits per heavy atom. The van der Waals surface area contributed by atoms with E-state index in [0.717, 1.165) is 0 Å². The second-order valence-electron chi connectivity index (χ2n) is 7.06. The number of rotatable bonds is 9. The van der Waals surface area contributed by atoms with Crippen LogP contribution in [0.1, 0.15) is 43.7 Å². The zero-order chi connectivity index (χ0) is 20.8. The van der Waals surface area contributed by atoms with Crippen LogP contribution in [0.15, 0.2) is 16.8 Å². The number of carbonyl (C=O) groups excluding carboxylic acids is 3. The van der Waals surface area contributed by atoms with Gasteiger partial charge in [-0.2, -0.15) is 0 Å². The van der Waals surface area contributed by atoms with Crippen LogP contribution in [0, 0.1) is 11.3 Å². The van der Waals surface area contributed by atoms with Crippen LogP contribution >= 0.6 is 7.60 Å². The molecule has 28 heavy (non-hydrogen) atoms. The van der Waals surface area contributed by atoms with E-state index < -0.39 is 31.7 Å². The Hall–Kier alpha value is -2.03. The molecule has 1 aromatic rings. The molecule has 2 rings (SSSR count). The SMILES string of the molecule is COC(=O)CCCC(=O)[C@@H]1CP(=O)(OCOC(=O)c2ccno2)OCC1(C)C. The van der Waals surface area contributed by atoms with Crippen LogP contribution in [-0.2, 0) is 32.7 Å². The second kappa shape index (κ2) is 9.45. The van der Waals surface area contributed by atoms with Crippen LogP contribution in [0.2, 0.25) is 0 Å². The van der Waals surface area contributed by atoms with Crippen LogP contribution < -0.4 is 0 Å². The van der Waals surface area contributed by atoms with Crippen LogP contribution in [-0.4, -0.2) is 49.6 Å². The minimum atomic E-state index is -3.63. The zero-order valence-electron chi connectivity index (χ0n) is 16.0. The number of ether oxygens (including phenoxy) is 2. The molecule has 0 N–H and O–H groups in total. The summed E-state index contributed by atoms with van der Waals surface area (Å²) in [5.74, 6) is -2.03. The average Bonchev–Trinajstić information content (AvgIpc) is 3.18.